The lowest BCUT2D eigenvalue weighted by Crippen LogP contribution is -2.44. The molecule has 21 heavy (non-hydrogen) atoms. The molecule has 0 spiro atoms. The Bertz CT molecular complexity index is 471. The zero-order chi connectivity index (χ0) is 16.3. The molecule has 1 aromatic heterocycles. The Kier molecular flexibility index (Phi) is 5.47. The molecule has 1 aliphatic heterocycles. The molecule has 1 aliphatic rings. The molecule has 2 rings (SSSR count). The molecule has 0 aliphatic carbocycles. The number of aliphatic hydroxyl groups is 1. The van der Waals surface area contributed by atoms with Crippen molar-refractivity contribution in [1.82, 2.24) is 19.7 Å². The van der Waals surface area contributed by atoms with Gasteiger partial charge in [-0.3, -0.25) is 4.79 Å². The van der Waals surface area contributed by atoms with Crippen LogP contribution in [0, 0.1) is 6.92 Å². The maximum atomic E-state index is 10.9. The zero-order valence-electron chi connectivity index (χ0n) is 13.5. The van der Waals surface area contributed by atoms with Crippen LogP contribution in [0.3, 0.4) is 0 Å². The van der Waals surface area contributed by atoms with Crippen LogP contribution in [0.5, 0.6) is 0 Å². The van der Waals surface area contributed by atoms with Crippen molar-refractivity contribution in [2.75, 3.05) is 20.1 Å². The van der Waals surface area contributed by atoms with E-state index in [0.717, 1.165) is 37.6 Å². The van der Waals surface area contributed by atoms with Gasteiger partial charge in [0.15, 0.2) is 5.82 Å². The van der Waals surface area contributed by atoms with Crippen molar-refractivity contribution in [2.24, 2.45) is 0 Å². The van der Waals surface area contributed by atoms with Crippen molar-refractivity contribution in [1.29, 1.82) is 0 Å². The molecule has 0 bridgehead atoms. The van der Waals surface area contributed by atoms with Crippen LogP contribution >= 0.6 is 0 Å². The topological polar surface area (TPSA) is 91.5 Å². The average molecular weight is 298 g/mol. The lowest BCUT2D eigenvalue weighted by atomic mass is 9.90. The number of aryl methyl sites for hydroxylation is 1. The number of carbonyl (C=O) groups is 1. The summed E-state index contributed by atoms with van der Waals surface area (Å²) in [6, 6.07) is 0. The molecule has 2 N–H and O–H groups in total. The van der Waals surface area contributed by atoms with Gasteiger partial charge in [0.25, 0.3) is 6.47 Å². The average Bonchev–Trinajstić information content (AvgIpc) is 2.77. The Morgan fingerprint density at radius 3 is 2.19 bits per heavy atom. The van der Waals surface area contributed by atoms with Crippen LogP contribution in [0.2, 0.25) is 0 Å². The molecule has 1 fully saturated rings. The van der Waals surface area contributed by atoms with Gasteiger partial charge in [-0.15, -0.1) is 0 Å². The molecule has 2 heterocycles. The van der Waals surface area contributed by atoms with Crippen LogP contribution in [0.25, 0.3) is 0 Å². The highest BCUT2D eigenvalue weighted by molar-refractivity contribution is 5.32. The third kappa shape index (κ3) is 4.25. The summed E-state index contributed by atoms with van der Waals surface area (Å²) in [6.07, 6.45) is 1.44. The minimum atomic E-state index is -0.832. The first-order valence-electron chi connectivity index (χ1n) is 7.07. The molecule has 0 aromatic carbocycles. The molecule has 7 heteroatoms. The highest BCUT2D eigenvalue weighted by atomic mass is 16.3. The van der Waals surface area contributed by atoms with E-state index in [1.54, 1.807) is 0 Å². The van der Waals surface area contributed by atoms with Crippen LogP contribution < -0.4 is 0 Å². The Morgan fingerprint density at radius 2 is 1.76 bits per heavy atom. The number of nitrogens with zero attached hydrogens (tertiary/aromatic N) is 4. The summed E-state index contributed by atoms with van der Waals surface area (Å²) in [4.78, 5) is 15.1. The van der Waals surface area contributed by atoms with Crippen molar-refractivity contribution in [3.05, 3.63) is 11.6 Å². The first kappa shape index (κ1) is 17.6. The molecule has 0 atom stereocenters. The van der Waals surface area contributed by atoms with E-state index in [-0.39, 0.29) is 12.0 Å². The van der Waals surface area contributed by atoms with Crippen LogP contribution in [-0.4, -0.2) is 56.5 Å². The SMILES string of the molecule is Cc1nc(C2(O)CCN(C)CC2)n(C(C)(C)C)n1.O=CO. The molecule has 1 saturated heterocycles. The minimum Gasteiger partial charge on any atom is -0.483 e. The summed E-state index contributed by atoms with van der Waals surface area (Å²) < 4.78 is 1.88. The largest absolute Gasteiger partial charge is 0.483 e. The van der Waals surface area contributed by atoms with Crippen molar-refractivity contribution in [2.45, 2.75) is 51.7 Å². The van der Waals surface area contributed by atoms with Gasteiger partial charge >= 0.3 is 0 Å². The molecular weight excluding hydrogens is 272 g/mol. The monoisotopic (exact) mass is 298 g/mol. The first-order valence-corrected chi connectivity index (χ1v) is 7.07. The van der Waals surface area contributed by atoms with E-state index < -0.39 is 5.60 Å². The fourth-order valence-corrected chi connectivity index (χ4v) is 2.40. The molecular formula is C14H26N4O3. The van der Waals surface area contributed by atoms with Crippen molar-refractivity contribution < 1.29 is 15.0 Å². The first-order chi connectivity index (χ1) is 9.64. The third-order valence-corrected chi connectivity index (χ3v) is 3.58. The summed E-state index contributed by atoms with van der Waals surface area (Å²) in [5.41, 5.74) is -0.989. The lowest BCUT2D eigenvalue weighted by Gasteiger charge is -2.37. The van der Waals surface area contributed by atoms with Gasteiger partial charge in [-0.1, -0.05) is 0 Å². The Labute approximate surface area is 125 Å². The Morgan fingerprint density at radius 1 is 1.29 bits per heavy atom. The second-order valence-corrected chi connectivity index (χ2v) is 6.51. The van der Waals surface area contributed by atoms with Gasteiger partial charge < -0.3 is 15.1 Å². The maximum Gasteiger partial charge on any atom is 0.290 e. The van der Waals surface area contributed by atoms with Gasteiger partial charge in [-0.25, -0.2) is 9.67 Å². The number of likely N-dealkylation sites (tertiary alicyclic amines) is 1. The molecule has 0 saturated carbocycles. The lowest BCUT2D eigenvalue weighted by molar-refractivity contribution is -0.122. The minimum absolute atomic E-state index is 0.157. The molecule has 7 nitrogen and oxygen atoms in total. The summed E-state index contributed by atoms with van der Waals surface area (Å²) in [5, 5.41) is 22.2. The normalized spacial score (nSPS) is 18.8. The van der Waals surface area contributed by atoms with Crippen molar-refractivity contribution >= 4 is 6.47 Å². The van der Waals surface area contributed by atoms with Crippen LogP contribution in [0.15, 0.2) is 0 Å². The molecule has 0 amide bonds. The van der Waals surface area contributed by atoms with Gasteiger partial charge in [-0.2, -0.15) is 5.10 Å². The van der Waals surface area contributed by atoms with Gasteiger partial charge in [0.05, 0.1) is 5.54 Å². The second-order valence-electron chi connectivity index (χ2n) is 6.51. The van der Waals surface area contributed by atoms with Crippen molar-refractivity contribution in [3.8, 4) is 0 Å². The molecule has 120 valence electrons. The fourth-order valence-electron chi connectivity index (χ4n) is 2.40. The number of hydrogen-bond donors (Lipinski definition) is 2. The third-order valence-electron chi connectivity index (χ3n) is 3.58. The van der Waals surface area contributed by atoms with Crippen molar-refractivity contribution in [3.63, 3.8) is 0 Å². The maximum absolute atomic E-state index is 10.9. The van der Waals surface area contributed by atoms with E-state index in [1.807, 2.05) is 11.6 Å². The summed E-state index contributed by atoms with van der Waals surface area (Å²) >= 11 is 0. The van der Waals surface area contributed by atoms with Gasteiger partial charge in [-0.05, 0) is 47.6 Å². The van der Waals surface area contributed by atoms with E-state index in [9.17, 15) is 5.11 Å². The van der Waals surface area contributed by atoms with Crippen LogP contribution in [0.1, 0.15) is 45.3 Å². The summed E-state index contributed by atoms with van der Waals surface area (Å²) in [7, 11) is 2.08. The summed E-state index contributed by atoms with van der Waals surface area (Å²) in [5.74, 6) is 1.45. The van der Waals surface area contributed by atoms with E-state index in [2.05, 4.69) is 42.8 Å². The number of piperidine rings is 1. The van der Waals surface area contributed by atoms with E-state index in [0.29, 0.717) is 0 Å². The highest BCUT2D eigenvalue weighted by Gasteiger charge is 2.39. The van der Waals surface area contributed by atoms with Crippen LogP contribution in [-0.2, 0) is 15.9 Å². The molecule has 0 radical (unpaired) electrons. The van der Waals surface area contributed by atoms with E-state index in [4.69, 9.17) is 9.90 Å². The quantitative estimate of drug-likeness (QED) is 0.750. The predicted octanol–water partition coefficient (Wildman–Crippen LogP) is 0.956. The number of rotatable bonds is 1. The Hall–Kier alpha value is -1.47. The number of aromatic nitrogens is 3. The standard InChI is InChI=1S/C13H24N4O.CH2O2/c1-10-14-11(17(15-10)12(2,3)4)13(18)6-8-16(5)9-7-13;2-1-3/h18H,6-9H2,1-5H3;1H,(H,2,3). The zero-order valence-corrected chi connectivity index (χ0v) is 13.5. The summed E-state index contributed by atoms with van der Waals surface area (Å²) in [6.45, 7) is 9.68. The van der Waals surface area contributed by atoms with Gasteiger partial charge in [0, 0.05) is 13.1 Å². The highest BCUT2D eigenvalue weighted by Crippen LogP contribution is 2.33. The van der Waals surface area contributed by atoms with Gasteiger partial charge in [0.1, 0.15) is 11.4 Å². The van der Waals surface area contributed by atoms with Crippen LogP contribution in [0.4, 0.5) is 0 Å². The van der Waals surface area contributed by atoms with E-state index >= 15 is 0 Å². The number of hydrogen-bond acceptors (Lipinski definition) is 5. The Balaban J connectivity index is 0.000000677. The molecule has 1 aromatic rings. The molecule has 0 unspecified atom stereocenters. The predicted molar refractivity (Wildman–Crippen MR) is 79.1 cm³/mol. The smallest absolute Gasteiger partial charge is 0.290 e. The van der Waals surface area contributed by atoms with E-state index in [1.165, 1.54) is 0 Å². The second kappa shape index (κ2) is 6.53. The number of carboxylic acid groups (broad SMARTS) is 1. The fraction of sp³-hybridized carbons (Fsp3) is 0.786. The van der Waals surface area contributed by atoms with Gasteiger partial charge in [0.2, 0.25) is 0 Å².